The van der Waals surface area contributed by atoms with Crippen LogP contribution in [-0.2, 0) is 0 Å². The second-order valence-corrected chi connectivity index (χ2v) is 2.60. The van der Waals surface area contributed by atoms with E-state index in [2.05, 4.69) is 9.86 Å². The van der Waals surface area contributed by atoms with Crippen LogP contribution in [0, 0.1) is 15.7 Å². The van der Waals surface area contributed by atoms with Crippen molar-refractivity contribution in [1.29, 1.82) is 0 Å². The molecule has 48 valence electrons. The van der Waals surface area contributed by atoms with Crippen LogP contribution >= 0.6 is 0 Å². The van der Waals surface area contributed by atoms with E-state index < -0.39 is 0 Å². The van der Waals surface area contributed by atoms with Gasteiger partial charge in [0.2, 0.25) is 0 Å². The second kappa shape index (κ2) is 3.62. The summed E-state index contributed by atoms with van der Waals surface area (Å²) in [5.74, 6) is 2.67. The SMILES string of the molecule is Fc1ccc(C#[C][SnH])cc1. The predicted octanol–water partition coefficient (Wildman–Crippen LogP) is 1.04. The van der Waals surface area contributed by atoms with Crippen LogP contribution in [0.2, 0.25) is 0 Å². The van der Waals surface area contributed by atoms with Crippen molar-refractivity contribution >= 4 is 22.5 Å². The molecule has 0 aromatic heterocycles. The molecule has 0 aliphatic carbocycles. The van der Waals surface area contributed by atoms with Crippen LogP contribution in [0.25, 0.3) is 0 Å². The van der Waals surface area contributed by atoms with E-state index in [9.17, 15) is 4.39 Å². The van der Waals surface area contributed by atoms with Gasteiger partial charge in [0.1, 0.15) is 0 Å². The molecule has 2 heteroatoms. The number of hydrogen-bond acceptors (Lipinski definition) is 0. The first-order chi connectivity index (χ1) is 4.83. The number of halogens is 1. The van der Waals surface area contributed by atoms with Crippen molar-refractivity contribution in [3.05, 3.63) is 35.6 Å². The van der Waals surface area contributed by atoms with E-state index in [0.29, 0.717) is 0 Å². The standard InChI is InChI=1S/C8H4F.Sn.H/c1-2-7-3-5-8(9)6-4-7;;/h3-6H;;. The van der Waals surface area contributed by atoms with Gasteiger partial charge in [-0.15, -0.1) is 0 Å². The van der Waals surface area contributed by atoms with Gasteiger partial charge in [-0.2, -0.15) is 0 Å². The number of rotatable bonds is 0. The molecule has 0 atom stereocenters. The van der Waals surface area contributed by atoms with Crippen LogP contribution < -0.4 is 0 Å². The minimum atomic E-state index is -0.210. The van der Waals surface area contributed by atoms with Gasteiger partial charge in [-0.1, -0.05) is 0 Å². The minimum absolute atomic E-state index is 0.210. The first-order valence-electron chi connectivity index (χ1n) is 2.80. The van der Waals surface area contributed by atoms with Gasteiger partial charge in [0, 0.05) is 0 Å². The Morgan fingerprint density at radius 2 is 1.80 bits per heavy atom. The van der Waals surface area contributed by atoms with Crippen LogP contribution in [0.1, 0.15) is 5.56 Å². The molecule has 1 aromatic carbocycles. The molecule has 0 N–H and O–H groups in total. The Labute approximate surface area is 72.5 Å². The van der Waals surface area contributed by atoms with E-state index in [1.54, 1.807) is 12.1 Å². The normalized spacial score (nSPS) is 8.20. The zero-order valence-electron chi connectivity index (χ0n) is 5.26. The monoisotopic (exact) mass is 240 g/mol. The summed E-state index contributed by atoms with van der Waals surface area (Å²) >= 11 is 0.924. The first kappa shape index (κ1) is 7.61. The van der Waals surface area contributed by atoms with Crippen molar-refractivity contribution in [2.45, 2.75) is 0 Å². The average molecular weight is 239 g/mol. The molecule has 0 unspecified atom stereocenters. The third kappa shape index (κ3) is 2.03. The molecule has 10 heavy (non-hydrogen) atoms. The quantitative estimate of drug-likeness (QED) is 0.468. The fourth-order valence-corrected chi connectivity index (χ4v) is 1.09. The van der Waals surface area contributed by atoms with Crippen LogP contribution in [0.5, 0.6) is 0 Å². The van der Waals surface area contributed by atoms with E-state index >= 15 is 0 Å². The summed E-state index contributed by atoms with van der Waals surface area (Å²) in [4.78, 5) is 0. The van der Waals surface area contributed by atoms with Crippen molar-refractivity contribution in [2.75, 3.05) is 0 Å². The maximum absolute atomic E-state index is 12.3. The number of benzene rings is 1. The summed E-state index contributed by atoms with van der Waals surface area (Å²) in [5, 5.41) is 0. The van der Waals surface area contributed by atoms with Gasteiger partial charge in [0.05, 0.1) is 0 Å². The fraction of sp³-hybridized carbons (Fsp3) is 0. The Kier molecular flexibility index (Phi) is 2.76. The van der Waals surface area contributed by atoms with E-state index in [-0.39, 0.29) is 5.82 Å². The van der Waals surface area contributed by atoms with Gasteiger partial charge in [-0.05, 0) is 0 Å². The molecule has 2 radical (unpaired) electrons. The molecule has 0 amide bonds. The van der Waals surface area contributed by atoms with Gasteiger partial charge in [0.25, 0.3) is 0 Å². The number of hydrogen-bond donors (Lipinski definition) is 0. The molecule has 0 nitrogen and oxygen atoms in total. The van der Waals surface area contributed by atoms with Crippen LogP contribution in [0.4, 0.5) is 4.39 Å². The van der Waals surface area contributed by atoms with Gasteiger partial charge in [-0.3, -0.25) is 0 Å². The summed E-state index contributed by atoms with van der Waals surface area (Å²) < 4.78 is 15.1. The average Bonchev–Trinajstić information content (AvgIpc) is 1.95. The van der Waals surface area contributed by atoms with Crippen LogP contribution in [0.15, 0.2) is 24.3 Å². The Bertz CT molecular complexity index is 266. The van der Waals surface area contributed by atoms with Gasteiger partial charge in [-0.25, -0.2) is 0 Å². The molecular formula is C8H5FSn. The zero-order valence-corrected chi connectivity index (χ0v) is 8.56. The maximum atomic E-state index is 12.3. The molecule has 0 saturated carbocycles. The molecule has 0 saturated heterocycles. The summed E-state index contributed by atoms with van der Waals surface area (Å²) in [6.45, 7) is 0. The van der Waals surface area contributed by atoms with Crippen LogP contribution in [-0.4, -0.2) is 22.5 Å². The van der Waals surface area contributed by atoms with E-state index in [1.807, 2.05) is 0 Å². The Morgan fingerprint density at radius 3 is 2.30 bits per heavy atom. The summed E-state index contributed by atoms with van der Waals surface area (Å²) in [5.41, 5.74) is 0.883. The third-order valence-corrected chi connectivity index (χ3v) is 1.47. The van der Waals surface area contributed by atoms with E-state index in [4.69, 9.17) is 0 Å². The fourth-order valence-electron chi connectivity index (χ4n) is 0.617. The Hall–Kier alpha value is -0.491. The van der Waals surface area contributed by atoms with Gasteiger partial charge in [0.15, 0.2) is 0 Å². The van der Waals surface area contributed by atoms with Crippen molar-refractivity contribution in [3.63, 3.8) is 0 Å². The molecule has 0 aliphatic rings. The van der Waals surface area contributed by atoms with Crippen molar-refractivity contribution < 1.29 is 4.39 Å². The van der Waals surface area contributed by atoms with Crippen molar-refractivity contribution in [3.8, 4) is 9.86 Å². The molecule has 0 fully saturated rings. The molecule has 0 bridgehead atoms. The van der Waals surface area contributed by atoms with Crippen molar-refractivity contribution in [1.82, 2.24) is 0 Å². The molecule has 0 spiro atoms. The summed E-state index contributed by atoms with van der Waals surface area (Å²) in [6.07, 6.45) is 0. The summed E-state index contributed by atoms with van der Waals surface area (Å²) in [7, 11) is 0. The van der Waals surface area contributed by atoms with Gasteiger partial charge >= 0.3 is 72.4 Å². The van der Waals surface area contributed by atoms with E-state index in [0.717, 1.165) is 28.1 Å². The molecule has 1 aromatic rings. The van der Waals surface area contributed by atoms with Gasteiger partial charge < -0.3 is 0 Å². The third-order valence-electron chi connectivity index (χ3n) is 1.06. The Morgan fingerprint density at radius 1 is 1.20 bits per heavy atom. The van der Waals surface area contributed by atoms with Crippen molar-refractivity contribution in [2.24, 2.45) is 0 Å². The van der Waals surface area contributed by atoms with Crippen LogP contribution in [0.3, 0.4) is 0 Å². The topological polar surface area (TPSA) is 0 Å². The molecule has 1 rings (SSSR count). The first-order valence-corrected chi connectivity index (χ1v) is 4.45. The van der Waals surface area contributed by atoms with E-state index in [1.165, 1.54) is 12.1 Å². The molecule has 0 heterocycles. The Balaban J connectivity index is 2.97. The summed E-state index contributed by atoms with van der Waals surface area (Å²) in [6, 6.07) is 6.19. The predicted molar refractivity (Wildman–Crippen MR) is 40.4 cm³/mol. The second-order valence-electron chi connectivity index (χ2n) is 1.78. The zero-order chi connectivity index (χ0) is 7.40. The molecule has 0 aliphatic heterocycles. The molecular weight excluding hydrogens is 234 g/mol.